The summed E-state index contributed by atoms with van der Waals surface area (Å²) in [5.41, 5.74) is 0.716. The number of pyridine rings is 1. The van der Waals surface area contributed by atoms with Crippen LogP contribution in [0.5, 0.6) is 5.75 Å². The van der Waals surface area contributed by atoms with Crippen molar-refractivity contribution in [1.82, 2.24) is 9.47 Å². The summed E-state index contributed by atoms with van der Waals surface area (Å²) in [5, 5.41) is 1.19. The maximum Gasteiger partial charge on any atom is 0.242 e. The Balaban J connectivity index is 1.55. The summed E-state index contributed by atoms with van der Waals surface area (Å²) in [7, 11) is 1.77. The Morgan fingerprint density at radius 1 is 1.11 bits per heavy atom. The van der Waals surface area contributed by atoms with E-state index in [1.54, 1.807) is 34.8 Å². The second-order valence-corrected chi connectivity index (χ2v) is 6.68. The molecule has 0 saturated heterocycles. The van der Waals surface area contributed by atoms with Crippen molar-refractivity contribution in [2.45, 2.75) is 13.0 Å². The van der Waals surface area contributed by atoms with Gasteiger partial charge in [0.1, 0.15) is 12.3 Å². The third-order valence-corrected chi connectivity index (χ3v) is 4.66. The van der Waals surface area contributed by atoms with Crippen LogP contribution in [0.1, 0.15) is 6.42 Å². The van der Waals surface area contributed by atoms with Gasteiger partial charge in [-0.2, -0.15) is 0 Å². The Morgan fingerprint density at radius 2 is 1.85 bits per heavy atom. The maximum atomic E-state index is 12.5. The molecule has 1 amide bonds. The average molecular weight is 385 g/mol. The Labute approximate surface area is 162 Å². The van der Waals surface area contributed by atoms with Gasteiger partial charge in [0.25, 0.3) is 0 Å². The van der Waals surface area contributed by atoms with Crippen LogP contribution in [0.4, 0.5) is 0 Å². The number of likely N-dealkylation sites (N-methyl/N-ethyl adjacent to an activating group) is 1. The van der Waals surface area contributed by atoms with Gasteiger partial charge < -0.3 is 14.2 Å². The van der Waals surface area contributed by atoms with Crippen molar-refractivity contribution in [3.63, 3.8) is 0 Å². The van der Waals surface area contributed by atoms with Crippen molar-refractivity contribution in [2.75, 3.05) is 20.2 Å². The van der Waals surface area contributed by atoms with Crippen LogP contribution in [0, 0.1) is 0 Å². The molecular weight excluding hydrogens is 364 g/mol. The van der Waals surface area contributed by atoms with Gasteiger partial charge in [0.05, 0.1) is 17.1 Å². The molecule has 1 aromatic heterocycles. The maximum absolute atomic E-state index is 12.5. The van der Waals surface area contributed by atoms with E-state index in [1.165, 1.54) is 6.07 Å². The van der Waals surface area contributed by atoms with E-state index >= 15 is 0 Å². The molecule has 2 aromatic carbocycles. The summed E-state index contributed by atoms with van der Waals surface area (Å²) in [4.78, 5) is 26.1. The molecule has 6 heteroatoms. The third-order valence-electron chi connectivity index (χ3n) is 4.35. The smallest absolute Gasteiger partial charge is 0.242 e. The number of amides is 1. The highest BCUT2D eigenvalue weighted by molar-refractivity contribution is 6.32. The zero-order valence-electron chi connectivity index (χ0n) is 15.1. The van der Waals surface area contributed by atoms with Gasteiger partial charge in [-0.25, -0.2) is 0 Å². The number of carbonyl (C=O) groups excluding carboxylic acids is 1. The van der Waals surface area contributed by atoms with Crippen LogP contribution in [-0.4, -0.2) is 35.6 Å². The fourth-order valence-corrected chi connectivity index (χ4v) is 3.03. The Morgan fingerprint density at radius 3 is 2.67 bits per heavy atom. The molecule has 0 N–H and O–H groups in total. The molecule has 0 bridgehead atoms. The standard InChI is InChI=1S/C21H21ClN2O3/c1-23(12-6-14-27-20-10-5-3-8-17(20)22)21(26)15-24-13-11-19(25)16-7-2-4-9-18(16)24/h2-5,7-11,13H,6,12,14-15H2,1H3. The van der Waals surface area contributed by atoms with E-state index in [0.29, 0.717) is 35.7 Å². The fraction of sp³-hybridized carbons (Fsp3) is 0.238. The normalized spacial score (nSPS) is 10.7. The largest absolute Gasteiger partial charge is 0.492 e. The summed E-state index contributed by atoms with van der Waals surface area (Å²) < 4.78 is 7.45. The number of para-hydroxylation sites is 2. The van der Waals surface area contributed by atoms with Gasteiger partial charge in [-0.3, -0.25) is 9.59 Å². The molecule has 0 aliphatic carbocycles. The van der Waals surface area contributed by atoms with Crippen LogP contribution in [-0.2, 0) is 11.3 Å². The quantitative estimate of drug-likeness (QED) is 0.585. The summed E-state index contributed by atoms with van der Waals surface area (Å²) in [6, 6.07) is 16.1. The Kier molecular flexibility index (Phi) is 6.14. The zero-order valence-corrected chi connectivity index (χ0v) is 15.9. The molecule has 0 radical (unpaired) electrons. The molecule has 0 spiro atoms. The minimum Gasteiger partial charge on any atom is -0.492 e. The van der Waals surface area contributed by atoms with Gasteiger partial charge >= 0.3 is 0 Å². The molecule has 140 valence electrons. The second-order valence-electron chi connectivity index (χ2n) is 6.27. The van der Waals surface area contributed by atoms with Gasteiger partial charge in [-0.05, 0) is 30.7 Å². The number of benzene rings is 2. The number of fused-ring (bicyclic) bond motifs is 1. The predicted molar refractivity (Wildman–Crippen MR) is 107 cm³/mol. The lowest BCUT2D eigenvalue weighted by Gasteiger charge is -2.19. The van der Waals surface area contributed by atoms with Crippen LogP contribution in [0.25, 0.3) is 10.9 Å². The molecule has 3 rings (SSSR count). The van der Waals surface area contributed by atoms with Crippen LogP contribution in [0.2, 0.25) is 5.02 Å². The number of ether oxygens (including phenoxy) is 1. The van der Waals surface area contributed by atoms with E-state index in [0.717, 1.165) is 5.52 Å². The van der Waals surface area contributed by atoms with E-state index in [-0.39, 0.29) is 17.9 Å². The van der Waals surface area contributed by atoms with Crippen molar-refractivity contribution in [3.05, 3.63) is 76.0 Å². The van der Waals surface area contributed by atoms with Crippen LogP contribution in [0.15, 0.2) is 65.6 Å². The van der Waals surface area contributed by atoms with Gasteiger partial charge in [0.2, 0.25) is 5.91 Å². The number of rotatable bonds is 7. The van der Waals surface area contributed by atoms with Gasteiger partial charge in [0, 0.05) is 31.2 Å². The Hall–Kier alpha value is -2.79. The van der Waals surface area contributed by atoms with E-state index < -0.39 is 0 Å². The molecule has 3 aromatic rings. The highest BCUT2D eigenvalue weighted by Crippen LogP contribution is 2.23. The minimum absolute atomic E-state index is 0.0263. The predicted octanol–water partition coefficient (Wildman–Crippen LogP) is 3.58. The molecule has 0 aliphatic rings. The van der Waals surface area contributed by atoms with Gasteiger partial charge in [0.15, 0.2) is 5.43 Å². The molecular formula is C21H21ClN2O3. The second kappa shape index (κ2) is 8.73. The summed E-state index contributed by atoms with van der Waals surface area (Å²) in [5.74, 6) is 0.620. The lowest BCUT2D eigenvalue weighted by molar-refractivity contribution is -0.130. The molecule has 1 heterocycles. The van der Waals surface area contributed by atoms with Crippen molar-refractivity contribution in [2.24, 2.45) is 0 Å². The van der Waals surface area contributed by atoms with Crippen LogP contribution >= 0.6 is 11.6 Å². The first kappa shape index (κ1) is 19.0. The highest BCUT2D eigenvalue weighted by atomic mass is 35.5. The average Bonchev–Trinajstić information content (AvgIpc) is 2.68. The molecule has 0 unspecified atom stereocenters. The lowest BCUT2D eigenvalue weighted by atomic mass is 10.2. The highest BCUT2D eigenvalue weighted by Gasteiger charge is 2.11. The molecule has 0 fully saturated rings. The number of hydrogen-bond acceptors (Lipinski definition) is 3. The molecule has 0 saturated carbocycles. The van der Waals surface area contributed by atoms with E-state index in [4.69, 9.17) is 16.3 Å². The lowest BCUT2D eigenvalue weighted by Crippen LogP contribution is -2.32. The fourth-order valence-electron chi connectivity index (χ4n) is 2.83. The Bertz CT molecular complexity index is 1000. The van der Waals surface area contributed by atoms with Crippen molar-refractivity contribution in [3.8, 4) is 5.75 Å². The first-order chi connectivity index (χ1) is 13.1. The van der Waals surface area contributed by atoms with Crippen molar-refractivity contribution in [1.29, 1.82) is 0 Å². The number of carbonyl (C=O) groups is 1. The van der Waals surface area contributed by atoms with Crippen LogP contribution in [0.3, 0.4) is 0 Å². The third kappa shape index (κ3) is 4.68. The topological polar surface area (TPSA) is 51.5 Å². The minimum atomic E-state index is -0.0422. The van der Waals surface area contributed by atoms with Crippen molar-refractivity contribution < 1.29 is 9.53 Å². The molecule has 5 nitrogen and oxygen atoms in total. The SMILES string of the molecule is CN(CCCOc1ccccc1Cl)C(=O)Cn1ccc(=O)c2ccccc21. The number of nitrogens with zero attached hydrogens (tertiary/aromatic N) is 2. The van der Waals surface area contributed by atoms with Gasteiger partial charge in [-0.1, -0.05) is 35.9 Å². The van der Waals surface area contributed by atoms with Crippen molar-refractivity contribution >= 4 is 28.4 Å². The monoisotopic (exact) mass is 384 g/mol. The molecule has 0 atom stereocenters. The summed E-state index contributed by atoms with van der Waals surface area (Å²) in [6.07, 6.45) is 2.36. The zero-order chi connectivity index (χ0) is 19.2. The number of aromatic nitrogens is 1. The number of hydrogen-bond donors (Lipinski definition) is 0. The first-order valence-electron chi connectivity index (χ1n) is 8.76. The summed E-state index contributed by atoms with van der Waals surface area (Å²) >= 11 is 6.05. The van der Waals surface area contributed by atoms with E-state index in [1.807, 2.05) is 36.4 Å². The molecule has 27 heavy (non-hydrogen) atoms. The first-order valence-corrected chi connectivity index (χ1v) is 9.13. The molecule has 0 aliphatic heterocycles. The van der Waals surface area contributed by atoms with Crippen LogP contribution < -0.4 is 10.2 Å². The number of halogens is 1. The summed E-state index contributed by atoms with van der Waals surface area (Å²) in [6.45, 7) is 1.23. The van der Waals surface area contributed by atoms with E-state index in [9.17, 15) is 9.59 Å². The van der Waals surface area contributed by atoms with E-state index in [2.05, 4.69) is 0 Å². The van der Waals surface area contributed by atoms with Gasteiger partial charge in [-0.15, -0.1) is 0 Å².